The Hall–Kier alpha value is -5.98. The quantitative estimate of drug-likeness (QED) is 0.117. The molecule has 24 heteroatoms. The number of anilines is 2. The van der Waals surface area contributed by atoms with Crippen LogP contribution in [-0.4, -0.2) is 122 Å². The zero-order valence-corrected chi connectivity index (χ0v) is 30.2. The minimum atomic E-state index is -5.08. The summed E-state index contributed by atoms with van der Waals surface area (Å²) in [7, 11) is 0. The molecule has 312 valence electrons. The number of hydrogen-bond donors (Lipinski definition) is 6. The Labute approximate surface area is 323 Å². The van der Waals surface area contributed by atoms with Gasteiger partial charge in [-0.2, -0.15) is 41.1 Å². The molecular weight excluding hydrogens is 788 g/mol. The lowest BCUT2D eigenvalue weighted by atomic mass is 9.91. The predicted molar refractivity (Wildman–Crippen MR) is 189 cm³/mol. The lowest BCUT2D eigenvalue weighted by molar-refractivity contribution is -0.193. The van der Waals surface area contributed by atoms with Crippen molar-refractivity contribution in [2.24, 2.45) is 5.73 Å². The molecule has 2 fully saturated rings. The van der Waals surface area contributed by atoms with Crippen molar-refractivity contribution in [2.75, 3.05) is 29.9 Å². The predicted octanol–water partition coefficient (Wildman–Crippen LogP) is 2.87. The summed E-state index contributed by atoms with van der Waals surface area (Å²) in [6.45, 7) is 4.29. The summed E-state index contributed by atoms with van der Waals surface area (Å²) in [5.41, 5.74) is 9.55. The first-order valence-electron chi connectivity index (χ1n) is 17.4. The van der Waals surface area contributed by atoms with Crippen molar-refractivity contribution in [2.45, 2.75) is 68.7 Å². The number of imidazole rings is 1. The van der Waals surface area contributed by atoms with Crippen molar-refractivity contribution < 1.29 is 61.1 Å². The topological polar surface area (TPSA) is 253 Å². The smallest absolute Gasteiger partial charge is 0.475 e. The van der Waals surface area contributed by atoms with Crippen LogP contribution in [0.15, 0.2) is 67.0 Å². The Morgan fingerprint density at radius 1 is 0.931 bits per heavy atom. The van der Waals surface area contributed by atoms with Gasteiger partial charge in [-0.1, -0.05) is 60.7 Å². The number of aliphatic hydroxyl groups excluding tert-OH is 2. The number of ether oxygens (including phenoxy) is 1. The van der Waals surface area contributed by atoms with Crippen molar-refractivity contribution in [3.8, 4) is 0 Å². The number of fused-ring (bicyclic) bond motifs is 1. The first-order valence-corrected chi connectivity index (χ1v) is 17.4. The molecule has 0 saturated carbocycles. The lowest BCUT2D eigenvalue weighted by Crippen LogP contribution is -2.30. The molecule has 5 atom stereocenters. The zero-order valence-electron chi connectivity index (χ0n) is 30.2. The van der Waals surface area contributed by atoms with Crippen LogP contribution >= 0.6 is 0 Å². The molecule has 5 heterocycles. The zero-order chi connectivity index (χ0) is 42.4. The van der Waals surface area contributed by atoms with E-state index in [0.29, 0.717) is 42.6 Å². The van der Waals surface area contributed by atoms with Gasteiger partial charge < -0.3 is 41.1 Å². The Balaban J connectivity index is 0.000000393. The van der Waals surface area contributed by atoms with E-state index in [1.807, 2.05) is 43.3 Å². The number of nitrogens with two attached hydrogens (primary N) is 1. The third-order valence-electron chi connectivity index (χ3n) is 8.80. The Morgan fingerprint density at radius 2 is 1.50 bits per heavy atom. The monoisotopic (exact) mass is 825 g/mol. The maximum atomic E-state index is 11.1. The van der Waals surface area contributed by atoms with E-state index in [4.69, 9.17) is 40.2 Å². The van der Waals surface area contributed by atoms with Crippen LogP contribution in [0.25, 0.3) is 11.2 Å². The molecule has 5 aromatic rings. The number of aryl methyl sites for hydroxylation is 1. The number of rotatable bonds is 9. The second-order valence-electron chi connectivity index (χ2n) is 12.8. The summed E-state index contributed by atoms with van der Waals surface area (Å²) >= 11 is 0. The van der Waals surface area contributed by atoms with Gasteiger partial charge in [0.25, 0.3) is 0 Å². The van der Waals surface area contributed by atoms with Gasteiger partial charge in [-0.15, -0.1) is 10.2 Å². The van der Waals surface area contributed by atoms with Gasteiger partial charge in [0.05, 0.1) is 12.9 Å². The molecule has 0 bridgehead atoms. The number of tetrazole rings is 1. The average molecular weight is 826 g/mol. The molecule has 0 unspecified atom stereocenters. The van der Waals surface area contributed by atoms with Gasteiger partial charge in [0.15, 0.2) is 29.3 Å². The van der Waals surface area contributed by atoms with Gasteiger partial charge in [0.1, 0.15) is 12.2 Å². The van der Waals surface area contributed by atoms with Crippen LogP contribution in [0.2, 0.25) is 0 Å². The Morgan fingerprint density at radius 3 is 1.98 bits per heavy atom. The summed E-state index contributed by atoms with van der Waals surface area (Å²) in [6, 6.07) is 20.7. The van der Waals surface area contributed by atoms with Gasteiger partial charge >= 0.3 is 24.3 Å². The van der Waals surface area contributed by atoms with Crippen LogP contribution < -0.4 is 16.0 Å². The number of benzene rings is 2. The van der Waals surface area contributed by atoms with E-state index < -0.39 is 48.8 Å². The molecule has 2 aliphatic rings. The number of aromatic nitrogens is 8. The van der Waals surface area contributed by atoms with Gasteiger partial charge in [-0.25, -0.2) is 14.6 Å². The molecule has 18 nitrogen and oxygen atoms in total. The highest BCUT2D eigenvalue weighted by Crippen LogP contribution is 2.39. The van der Waals surface area contributed by atoms with E-state index in [-0.39, 0.29) is 17.8 Å². The van der Waals surface area contributed by atoms with Gasteiger partial charge in [-0.3, -0.25) is 4.57 Å². The molecule has 0 aliphatic carbocycles. The first-order chi connectivity index (χ1) is 27.4. The minimum Gasteiger partial charge on any atom is -0.475 e. The van der Waals surface area contributed by atoms with Crippen molar-refractivity contribution in [1.29, 1.82) is 0 Å². The standard InChI is InChI=1S/C30H35N11O3.2C2HF3O2/c1-2-41-37-27(36-38-41)25-23(42)24(43)29(44-25)40-17-33-22-26(34-30(35-28(22)40)39-14-13-20(31)16-39)32-15-21(18-9-5-3-6-10-18)19-11-7-4-8-12-19;2*3-2(4,5)1(6)7/h3-12,17,20-21,23-25,29,42-43H,2,13-16,31H2,1H3,(H,32,34,35);2*(H,6,7)/t20-,23+,24-,25+,29-;;/m1../s1. The van der Waals surface area contributed by atoms with Crippen molar-refractivity contribution in [1.82, 2.24) is 39.7 Å². The molecule has 0 spiro atoms. The maximum absolute atomic E-state index is 11.1. The molecule has 7 N–H and O–H groups in total. The number of carboxylic acids is 2. The lowest BCUT2D eigenvalue weighted by Gasteiger charge is -2.21. The second kappa shape index (κ2) is 18.1. The number of hydrogen-bond acceptors (Lipinski definition) is 14. The molecule has 2 saturated heterocycles. The normalized spacial score (nSPS) is 20.7. The van der Waals surface area contributed by atoms with Crippen LogP contribution in [-0.2, 0) is 20.9 Å². The van der Waals surface area contributed by atoms with Gasteiger partial charge in [0.2, 0.25) is 11.8 Å². The first kappa shape index (κ1) is 43.1. The fraction of sp³-hybridized carbons (Fsp3) is 0.412. The maximum Gasteiger partial charge on any atom is 0.490 e. The molecular formula is C34H37F6N11O7. The second-order valence-corrected chi connectivity index (χ2v) is 12.8. The molecule has 7 rings (SSSR count). The molecule has 0 radical (unpaired) electrons. The number of alkyl halides is 6. The number of halogens is 6. The molecule has 58 heavy (non-hydrogen) atoms. The number of nitrogens with one attached hydrogen (secondary N) is 1. The number of carboxylic acid groups (broad SMARTS) is 2. The summed E-state index contributed by atoms with van der Waals surface area (Å²) in [5.74, 6) is -4.21. The van der Waals surface area contributed by atoms with Crippen LogP contribution in [0, 0.1) is 0 Å². The summed E-state index contributed by atoms with van der Waals surface area (Å²) < 4.78 is 71.3. The van der Waals surface area contributed by atoms with Gasteiger partial charge in [0, 0.05) is 31.6 Å². The summed E-state index contributed by atoms with van der Waals surface area (Å²) in [5, 5.41) is 52.1. The number of nitrogens with zero attached hydrogens (tertiary/aromatic N) is 9. The summed E-state index contributed by atoms with van der Waals surface area (Å²) in [4.78, 5) is 35.7. The highest BCUT2D eigenvalue weighted by molar-refractivity contribution is 5.84. The number of aliphatic hydroxyl groups is 2. The molecule has 0 amide bonds. The van der Waals surface area contributed by atoms with E-state index >= 15 is 0 Å². The highest BCUT2D eigenvalue weighted by Gasteiger charge is 2.47. The van der Waals surface area contributed by atoms with Gasteiger partial charge in [-0.05, 0) is 29.7 Å². The van der Waals surface area contributed by atoms with Crippen LogP contribution in [0.3, 0.4) is 0 Å². The summed E-state index contributed by atoms with van der Waals surface area (Å²) in [6.07, 6.45) is -12.3. The van der Waals surface area contributed by atoms with Crippen LogP contribution in [0.5, 0.6) is 0 Å². The van der Waals surface area contributed by atoms with Crippen LogP contribution in [0.4, 0.5) is 38.1 Å². The van der Waals surface area contributed by atoms with Crippen molar-refractivity contribution >= 4 is 34.9 Å². The van der Waals surface area contributed by atoms with Crippen LogP contribution in [0.1, 0.15) is 48.5 Å². The minimum absolute atomic E-state index is 0.0242. The molecule has 2 aromatic carbocycles. The van der Waals surface area contributed by atoms with E-state index in [1.54, 1.807) is 10.9 Å². The third kappa shape index (κ3) is 10.3. The van der Waals surface area contributed by atoms with Crippen molar-refractivity contribution in [3.05, 3.63) is 83.9 Å². The molecule has 3 aromatic heterocycles. The van der Waals surface area contributed by atoms with E-state index in [2.05, 4.69) is 54.9 Å². The Kier molecular flexibility index (Phi) is 13.5. The van der Waals surface area contributed by atoms with E-state index in [1.165, 1.54) is 15.9 Å². The largest absolute Gasteiger partial charge is 0.490 e. The average Bonchev–Trinajstić information content (AvgIpc) is 3.99. The van der Waals surface area contributed by atoms with E-state index in [9.17, 15) is 36.6 Å². The number of aliphatic carboxylic acids is 2. The van der Waals surface area contributed by atoms with E-state index in [0.717, 1.165) is 13.0 Å². The highest BCUT2D eigenvalue weighted by atomic mass is 19.4. The Bertz CT molecular complexity index is 2080. The number of carbonyl (C=O) groups is 2. The van der Waals surface area contributed by atoms with Crippen molar-refractivity contribution in [3.63, 3.8) is 0 Å². The molecule has 2 aliphatic heterocycles. The fourth-order valence-corrected chi connectivity index (χ4v) is 5.93. The fourth-order valence-electron chi connectivity index (χ4n) is 5.93. The SMILES string of the molecule is CCn1nnc([C@H]2O[C@@H](n3cnc4c(NCC(c5ccccc5)c5ccccc5)nc(N5CC[C@@H](N)C5)nc43)[C@H](O)[C@@H]2O)n1.O=C(O)C(F)(F)F.O=C(O)C(F)(F)F. The third-order valence-corrected chi connectivity index (χ3v) is 8.80.